The Morgan fingerprint density at radius 2 is 1.65 bits per heavy atom. The molecule has 5 heteroatoms. The van der Waals surface area contributed by atoms with Gasteiger partial charge in [-0.25, -0.2) is 4.98 Å². The van der Waals surface area contributed by atoms with Gasteiger partial charge in [0.2, 0.25) is 0 Å². The van der Waals surface area contributed by atoms with E-state index in [1.165, 1.54) is 11.3 Å². The molecule has 0 saturated carbocycles. The zero-order valence-electron chi connectivity index (χ0n) is 14.6. The molecule has 4 rings (SSSR count). The molecule has 0 spiro atoms. The summed E-state index contributed by atoms with van der Waals surface area (Å²) < 4.78 is 2.12. The first kappa shape index (κ1) is 16.4. The van der Waals surface area contributed by atoms with Crippen LogP contribution in [0.2, 0.25) is 0 Å². The van der Waals surface area contributed by atoms with Crippen molar-refractivity contribution in [2.45, 2.75) is 6.54 Å². The molecule has 1 saturated heterocycles. The molecule has 1 fully saturated rings. The van der Waals surface area contributed by atoms with Gasteiger partial charge in [0.15, 0.2) is 0 Å². The van der Waals surface area contributed by atoms with Gasteiger partial charge in [-0.3, -0.25) is 4.90 Å². The first-order chi connectivity index (χ1) is 12.8. The zero-order valence-corrected chi connectivity index (χ0v) is 14.6. The van der Waals surface area contributed by atoms with E-state index in [0.717, 1.165) is 38.5 Å². The van der Waals surface area contributed by atoms with Gasteiger partial charge < -0.3 is 9.47 Å². The molecule has 0 amide bonds. The summed E-state index contributed by atoms with van der Waals surface area (Å²) in [6.07, 6.45) is 5.77. The van der Waals surface area contributed by atoms with Crippen molar-refractivity contribution in [3.8, 4) is 11.8 Å². The maximum Gasteiger partial charge on any atom is 0.128 e. The molecule has 0 aliphatic carbocycles. The topological polar surface area (TPSA) is 48.1 Å². The van der Waals surface area contributed by atoms with Gasteiger partial charge in [0.25, 0.3) is 0 Å². The van der Waals surface area contributed by atoms with Crippen LogP contribution in [0.25, 0.3) is 5.69 Å². The summed E-state index contributed by atoms with van der Waals surface area (Å²) in [5.41, 5.74) is 3.14. The minimum Gasteiger partial charge on any atom is -0.354 e. The molecule has 0 atom stereocenters. The monoisotopic (exact) mass is 343 g/mol. The number of anilines is 1. The number of rotatable bonds is 4. The van der Waals surface area contributed by atoms with Crippen LogP contribution in [-0.4, -0.2) is 40.6 Å². The van der Waals surface area contributed by atoms with Crippen molar-refractivity contribution in [3.63, 3.8) is 0 Å². The van der Waals surface area contributed by atoms with Crippen LogP contribution in [0.5, 0.6) is 0 Å². The highest BCUT2D eigenvalue weighted by atomic mass is 15.3. The fourth-order valence-corrected chi connectivity index (χ4v) is 3.31. The smallest absolute Gasteiger partial charge is 0.128 e. The number of aromatic nitrogens is 2. The lowest BCUT2D eigenvalue weighted by atomic mass is 10.1. The van der Waals surface area contributed by atoms with Gasteiger partial charge in [0, 0.05) is 57.0 Å². The van der Waals surface area contributed by atoms with Crippen molar-refractivity contribution >= 4 is 5.82 Å². The number of hydrogen-bond acceptors (Lipinski definition) is 4. The minimum absolute atomic E-state index is 0.607. The van der Waals surface area contributed by atoms with E-state index in [0.29, 0.717) is 5.56 Å². The Balaban J connectivity index is 1.33. The second kappa shape index (κ2) is 7.42. The van der Waals surface area contributed by atoms with E-state index >= 15 is 0 Å². The van der Waals surface area contributed by atoms with E-state index in [9.17, 15) is 0 Å². The quantitative estimate of drug-likeness (QED) is 0.730. The van der Waals surface area contributed by atoms with E-state index < -0.39 is 0 Å². The molecule has 130 valence electrons. The SMILES string of the molecule is N#Cc1ccc(N2CCN(Cc3ccc(-n4cccc4)cc3)CC2)nc1. The summed E-state index contributed by atoms with van der Waals surface area (Å²) in [6, 6.07) is 18.7. The average Bonchev–Trinajstić information content (AvgIpc) is 3.24. The van der Waals surface area contributed by atoms with E-state index in [4.69, 9.17) is 5.26 Å². The highest BCUT2D eigenvalue weighted by Gasteiger charge is 2.18. The van der Waals surface area contributed by atoms with Crippen LogP contribution in [-0.2, 0) is 6.54 Å². The number of benzene rings is 1. The third-order valence-electron chi connectivity index (χ3n) is 4.82. The summed E-state index contributed by atoms with van der Waals surface area (Å²) in [7, 11) is 0. The van der Waals surface area contributed by atoms with Crippen molar-refractivity contribution < 1.29 is 0 Å². The van der Waals surface area contributed by atoms with Gasteiger partial charge in [-0.2, -0.15) is 5.26 Å². The van der Waals surface area contributed by atoms with Crippen molar-refractivity contribution in [2.75, 3.05) is 31.1 Å². The molecule has 0 radical (unpaired) electrons. The van der Waals surface area contributed by atoms with Gasteiger partial charge in [-0.15, -0.1) is 0 Å². The standard InChI is InChI=1S/C21H21N5/c22-15-19-5-8-21(23-16-19)26-13-11-24(12-14-26)17-18-3-6-20(7-4-18)25-9-1-2-10-25/h1-10,16H,11-14,17H2. The largest absolute Gasteiger partial charge is 0.354 e. The second-order valence-electron chi connectivity index (χ2n) is 6.54. The van der Waals surface area contributed by atoms with Gasteiger partial charge in [0.05, 0.1) is 5.56 Å². The van der Waals surface area contributed by atoms with Crippen LogP contribution >= 0.6 is 0 Å². The van der Waals surface area contributed by atoms with Gasteiger partial charge in [0.1, 0.15) is 11.9 Å². The second-order valence-corrected chi connectivity index (χ2v) is 6.54. The Hall–Kier alpha value is -3.10. The Morgan fingerprint density at radius 3 is 2.27 bits per heavy atom. The first-order valence-corrected chi connectivity index (χ1v) is 8.87. The summed E-state index contributed by atoms with van der Waals surface area (Å²) in [5.74, 6) is 0.958. The molecular weight excluding hydrogens is 322 g/mol. The third-order valence-corrected chi connectivity index (χ3v) is 4.82. The van der Waals surface area contributed by atoms with E-state index in [-0.39, 0.29) is 0 Å². The van der Waals surface area contributed by atoms with Crippen molar-refractivity contribution in [3.05, 3.63) is 78.2 Å². The molecule has 1 aliphatic heterocycles. The molecule has 1 aromatic carbocycles. The van der Waals surface area contributed by atoms with Crippen LogP contribution in [0.1, 0.15) is 11.1 Å². The third kappa shape index (κ3) is 3.61. The van der Waals surface area contributed by atoms with Gasteiger partial charge >= 0.3 is 0 Å². The van der Waals surface area contributed by atoms with Crippen molar-refractivity contribution in [1.82, 2.24) is 14.5 Å². The Morgan fingerprint density at radius 1 is 0.923 bits per heavy atom. The van der Waals surface area contributed by atoms with Crippen LogP contribution in [0.15, 0.2) is 67.1 Å². The highest BCUT2D eigenvalue weighted by Crippen LogP contribution is 2.16. The first-order valence-electron chi connectivity index (χ1n) is 8.87. The predicted octanol–water partition coefficient (Wildman–Crippen LogP) is 3.07. The summed E-state index contributed by atoms with van der Waals surface area (Å²) in [4.78, 5) is 9.16. The van der Waals surface area contributed by atoms with E-state index in [1.54, 1.807) is 6.20 Å². The Labute approximate surface area is 153 Å². The number of piperazine rings is 1. The van der Waals surface area contributed by atoms with Crippen LogP contribution in [0, 0.1) is 11.3 Å². The zero-order chi connectivity index (χ0) is 17.8. The fourth-order valence-electron chi connectivity index (χ4n) is 3.31. The molecule has 1 aliphatic rings. The lowest BCUT2D eigenvalue weighted by molar-refractivity contribution is 0.249. The summed E-state index contributed by atoms with van der Waals surface area (Å²) >= 11 is 0. The van der Waals surface area contributed by atoms with Crippen molar-refractivity contribution in [2.24, 2.45) is 0 Å². The molecular formula is C21H21N5. The lowest BCUT2D eigenvalue weighted by Crippen LogP contribution is -2.46. The number of pyridine rings is 1. The highest BCUT2D eigenvalue weighted by molar-refractivity contribution is 5.42. The van der Waals surface area contributed by atoms with E-state index in [2.05, 4.69) is 62.1 Å². The Bertz CT molecular complexity index is 868. The molecule has 0 N–H and O–H groups in total. The normalized spacial score (nSPS) is 15.0. The molecule has 2 aromatic heterocycles. The Kier molecular flexibility index (Phi) is 4.67. The molecule has 3 heterocycles. The number of nitriles is 1. The number of nitrogens with zero attached hydrogens (tertiary/aromatic N) is 5. The molecule has 3 aromatic rings. The fraction of sp³-hybridized carbons (Fsp3) is 0.238. The average molecular weight is 343 g/mol. The van der Waals surface area contributed by atoms with Crippen molar-refractivity contribution in [1.29, 1.82) is 5.26 Å². The molecule has 0 unspecified atom stereocenters. The maximum absolute atomic E-state index is 8.87. The van der Waals surface area contributed by atoms with Crippen LogP contribution in [0.3, 0.4) is 0 Å². The minimum atomic E-state index is 0.607. The summed E-state index contributed by atoms with van der Waals surface area (Å²) in [6.45, 7) is 4.92. The van der Waals surface area contributed by atoms with Crippen LogP contribution < -0.4 is 4.90 Å². The predicted molar refractivity (Wildman–Crippen MR) is 102 cm³/mol. The van der Waals surface area contributed by atoms with Crippen LogP contribution in [0.4, 0.5) is 5.82 Å². The molecule has 0 bridgehead atoms. The van der Waals surface area contributed by atoms with Gasteiger partial charge in [-0.1, -0.05) is 12.1 Å². The van der Waals surface area contributed by atoms with Gasteiger partial charge in [-0.05, 0) is 42.0 Å². The maximum atomic E-state index is 8.87. The number of hydrogen-bond donors (Lipinski definition) is 0. The summed E-state index contributed by atoms with van der Waals surface area (Å²) in [5, 5.41) is 8.87. The molecule has 5 nitrogen and oxygen atoms in total. The van der Waals surface area contributed by atoms with E-state index in [1.807, 2.05) is 24.3 Å². The lowest BCUT2D eigenvalue weighted by Gasteiger charge is -2.35. The molecule has 26 heavy (non-hydrogen) atoms.